The number of carboxylic acids is 1. The Morgan fingerprint density at radius 2 is 1.62 bits per heavy atom. The molecule has 3 N–H and O–H groups in total. The molecule has 12 heteroatoms. The lowest BCUT2D eigenvalue weighted by molar-refractivity contribution is -0.192. The summed E-state index contributed by atoms with van der Waals surface area (Å²) in [5.41, 5.74) is 3.41. The number of hydrogen-bond donors (Lipinski definition) is 3. The van der Waals surface area contributed by atoms with Gasteiger partial charge in [-0.1, -0.05) is 12.1 Å². The van der Waals surface area contributed by atoms with Crippen LogP contribution in [-0.2, 0) is 4.79 Å². The van der Waals surface area contributed by atoms with Gasteiger partial charge in [0.1, 0.15) is 0 Å². The van der Waals surface area contributed by atoms with Crippen LogP contribution in [0.5, 0.6) is 11.8 Å². The van der Waals surface area contributed by atoms with E-state index in [1.165, 1.54) is 18.4 Å². The number of carbonyl (C=O) groups is 2. The van der Waals surface area contributed by atoms with E-state index in [1.807, 2.05) is 42.5 Å². The monoisotopic (exact) mass is 558 g/mol. The molecule has 0 bridgehead atoms. The molecule has 1 heterocycles. The Balaban J connectivity index is 0.000000470. The minimum atomic E-state index is -5.08. The Morgan fingerprint density at radius 3 is 2.17 bits per heavy atom. The fourth-order valence-corrected chi connectivity index (χ4v) is 3.99. The smallest absolute Gasteiger partial charge is 0.481 e. The number of benzene rings is 2. The maximum atomic E-state index is 12.9. The third kappa shape index (κ3) is 7.92. The van der Waals surface area contributed by atoms with Crippen molar-refractivity contribution >= 4 is 17.6 Å². The largest absolute Gasteiger partial charge is 0.490 e. The normalized spacial score (nSPS) is 17.7. The number of rotatable bonds is 9. The lowest BCUT2D eigenvalue weighted by atomic mass is 10.1. The summed E-state index contributed by atoms with van der Waals surface area (Å²) in [7, 11) is 3.10. The Labute approximate surface area is 228 Å². The second kappa shape index (κ2) is 12.3. The summed E-state index contributed by atoms with van der Waals surface area (Å²) in [6, 6.07) is 17.5. The summed E-state index contributed by atoms with van der Waals surface area (Å²) in [6.07, 6.45) is -1.21. The molecule has 2 fully saturated rings. The molecule has 2 aliphatic rings. The number of anilines is 1. The van der Waals surface area contributed by atoms with Crippen molar-refractivity contribution in [1.82, 2.24) is 15.3 Å². The van der Waals surface area contributed by atoms with E-state index in [0.29, 0.717) is 40.8 Å². The lowest BCUT2D eigenvalue weighted by Gasteiger charge is -2.09. The van der Waals surface area contributed by atoms with Gasteiger partial charge in [0.05, 0.1) is 20.3 Å². The molecule has 0 radical (unpaired) electrons. The third-order valence-electron chi connectivity index (χ3n) is 6.47. The van der Waals surface area contributed by atoms with Crippen LogP contribution in [0.1, 0.15) is 41.1 Å². The first-order valence-electron chi connectivity index (χ1n) is 12.6. The van der Waals surface area contributed by atoms with Gasteiger partial charge in [-0.15, -0.1) is 0 Å². The van der Waals surface area contributed by atoms with E-state index in [2.05, 4.69) is 26.7 Å². The van der Waals surface area contributed by atoms with Crippen LogP contribution in [-0.4, -0.2) is 59.9 Å². The van der Waals surface area contributed by atoms with Gasteiger partial charge >= 0.3 is 12.1 Å². The zero-order valence-corrected chi connectivity index (χ0v) is 21.9. The Kier molecular flexibility index (Phi) is 8.88. The van der Waals surface area contributed by atoms with E-state index in [0.717, 1.165) is 24.4 Å². The number of nitrogens with zero attached hydrogens (tertiary/aromatic N) is 2. The highest BCUT2D eigenvalue weighted by molar-refractivity contribution is 6.04. The highest BCUT2D eigenvalue weighted by atomic mass is 19.4. The van der Waals surface area contributed by atoms with Crippen LogP contribution in [0.3, 0.4) is 0 Å². The zero-order chi connectivity index (χ0) is 28.9. The summed E-state index contributed by atoms with van der Waals surface area (Å²) in [5, 5.41) is 13.8. The predicted octanol–water partition coefficient (Wildman–Crippen LogP) is 4.90. The number of aromatic nitrogens is 2. The van der Waals surface area contributed by atoms with Crippen LogP contribution in [0.4, 0.5) is 18.9 Å². The Bertz CT molecular complexity index is 1320. The number of nitrogens with one attached hydrogen (secondary N) is 2. The number of amides is 1. The van der Waals surface area contributed by atoms with Gasteiger partial charge in [0.25, 0.3) is 5.91 Å². The molecular weight excluding hydrogens is 529 g/mol. The molecule has 9 nitrogen and oxygen atoms in total. The number of halogens is 3. The summed E-state index contributed by atoms with van der Waals surface area (Å²) in [4.78, 5) is 30.5. The molecule has 0 aliphatic heterocycles. The van der Waals surface area contributed by atoms with Crippen molar-refractivity contribution in [2.45, 2.75) is 37.4 Å². The molecular formula is C28H29F3N4O5. The average molecular weight is 559 g/mol. The number of aliphatic carboxylic acids is 1. The lowest BCUT2D eigenvalue weighted by Crippen LogP contribution is -2.21. The first-order valence-corrected chi connectivity index (χ1v) is 12.6. The van der Waals surface area contributed by atoms with Gasteiger partial charge in [0.2, 0.25) is 11.8 Å². The van der Waals surface area contributed by atoms with Crippen LogP contribution >= 0.6 is 0 Å². The summed E-state index contributed by atoms with van der Waals surface area (Å²) < 4.78 is 42.2. The number of ether oxygens (including phenoxy) is 2. The van der Waals surface area contributed by atoms with E-state index in [-0.39, 0.29) is 5.91 Å². The fraction of sp³-hybridized carbons (Fsp3) is 0.357. The molecule has 0 spiro atoms. The summed E-state index contributed by atoms with van der Waals surface area (Å²) >= 11 is 0. The van der Waals surface area contributed by atoms with E-state index in [1.54, 1.807) is 20.3 Å². The number of carbonyl (C=O) groups excluding carboxylic acids is 1. The van der Waals surface area contributed by atoms with Gasteiger partial charge in [0, 0.05) is 28.8 Å². The number of alkyl halides is 3. The zero-order valence-electron chi connectivity index (χ0n) is 21.9. The molecule has 2 aromatic carbocycles. The molecule has 1 aromatic heterocycles. The molecule has 2 saturated carbocycles. The second-order valence-corrected chi connectivity index (χ2v) is 9.54. The van der Waals surface area contributed by atoms with Crippen LogP contribution in [0, 0.1) is 5.92 Å². The van der Waals surface area contributed by atoms with Crippen molar-refractivity contribution in [2.24, 2.45) is 5.92 Å². The molecule has 2 atom stereocenters. The van der Waals surface area contributed by atoms with Crippen molar-refractivity contribution in [3.63, 3.8) is 0 Å². The van der Waals surface area contributed by atoms with E-state index >= 15 is 0 Å². The number of hydrogen-bond acceptors (Lipinski definition) is 7. The molecule has 2 unspecified atom stereocenters. The van der Waals surface area contributed by atoms with E-state index in [9.17, 15) is 18.0 Å². The fourth-order valence-electron chi connectivity index (χ4n) is 3.99. The standard InChI is InChI=1S/C26H28N4O3.C2HF3O2/c1-32-23-14-24(33-2)30-25(29-23)17-8-10-20(11-9-17)28-26(31)19-5-3-4-18(12-19)21-13-22(21)27-15-16-6-7-16;3-2(4,5)1(6)7/h3-5,8-12,14,16,21-22,27H,6-7,13,15H2,1-2H3,(H,28,31);(H,6,7). The van der Waals surface area contributed by atoms with Crippen LogP contribution in [0.25, 0.3) is 11.4 Å². The molecule has 0 saturated heterocycles. The van der Waals surface area contributed by atoms with Gasteiger partial charge < -0.3 is 25.2 Å². The quantitative estimate of drug-likeness (QED) is 0.339. The Morgan fingerprint density at radius 1 is 1.00 bits per heavy atom. The van der Waals surface area contributed by atoms with Crippen LogP contribution in [0.2, 0.25) is 0 Å². The molecule has 1 amide bonds. The van der Waals surface area contributed by atoms with Crippen molar-refractivity contribution in [2.75, 3.05) is 26.1 Å². The topological polar surface area (TPSA) is 123 Å². The van der Waals surface area contributed by atoms with Crippen molar-refractivity contribution in [3.05, 3.63) is 65.7 Å². The molecule has 3 aromatic rings. The molecule has 5 rings (SSSR count). The summed E-state index contributed by atoms with van der Waals surface area (Å²) in [6.45, 7) is 1.13. The SMILES string of the molecule is COc1cc(OC)nc(-c2ccc(NC(=O)c3cccc(C4CC4NCC4CC4)c3)cc2)n1.O=C(O)C(F)(F)F. The third-order valence-corrected chi connectivity index (χ3v) is 6.47. The van der Waals surface area contributed by atoms with Crippen LogP contribution < -0.4 is 20.1 Å². The second-order valence-electron chi connectivity index (χ2n) is 9.54. The van der Waals surface area contributed by atoms with Crippen molar-refractivity contribution < 1.29 is 37.3 Å². The highest BCUT2D eigenvalue weighted by Crippen LogP contribution is 2.42. The van der Waals surface area contributed by atoms with E-state index in [4.69, 9.17) is 19.4 Å². The number of carboxylic acid groups (broad SMARTS) is 1. The highest BCUT2D eigenvalue weighted by Gasteiger charge is 2.39. The maximum absolute atomic E-state index is 12.9. The van der Waals surface area contributed by atoms with E-state index < -0.39 is 12.1 Å². The number of methoxy groups -OCH3 is 2. The average Bonchev–Trinajstić information content (AvgIpc) is 3.87. The van der Waals surface area contributed by atoms with Crippen molar-refractivity contribution in [3.8, 4) is 23.1 Å². The predicted molar refractivity (Wildman–Crippen MR) is 141 cm³/mol. The maximum Gasteiger partial charge on any atom is 0.490 e. The van der Waals surface area contributed by atoms with Gasteiger partial charge in [-0.3, -0.25) is 4.79 Å². The minimum Gasteiger partial charge on any atom is -0.481 e. The molecule has 40 heavy (non-hydrogen) atoms. The summed E-state index contributed by atoms with van der Waals surface area (Å²) in [5.74, 6) is -0.141. The Hall–Kier alpha value is -4.19. The first kappa shape index (κ1) is 28.8. The van der Waals surface area contributed by atoms with Gasteiger partial charge in [-0.25, -0.2) is 4.79 Å². The molecule has 212 valence electrons. The van der Waals surface area contributed by atoms with Crippen LogP contribution in [0.15, 0.2) is 54.6 Å². The minimum absolute atomic E-state index is 0.118. The molecule has 2 aliphatic carbocycles. The van der Waals surface area contributed by atoms with Crippen molar-refractivity contribution in [1.29, 1.82) is 0 Å². The van der Waals surface area contributed by atoms with Gasteiger partial charge in [0.15, 0.2) is 5.82 Å². The van der Waals surface area contributed by atoms with Gasteiger partial charge in [-0.2, -0.15) is 23.1 Å². The van der Waals surface area contributed by atoms with Gasteiger partial charge in [-0.05, 0) is 73.7 Å². The first-order chi connectivity index (χ1) is 19.1.